The number of thioether (sulfide) groups is 1. The van der Waals surface area contributed by atoms with E-state index in [4.69, 9.17) is 14.2 Å². The monoisotopic (exact) mass is 401 g/mol. The third-order valence-electron chi connectivity index (χ3n) is 4.29. The molecule has 0 saturated carbocycles. The number of hydrogen-bond donors (Lipinski definition) is 1. The number of anilines is 1. The first-order valence-electron chi connectivity index (χ1n) is 8.89. The predicted octanol–water partition coefficient (Wildman–Crippen LogP) is 3.99. The van der Waals surface area contributed by atoms with Crippen LogP contribution in [0.1, 0.15) is 11.1 Å². The van der Waals surface area contributed by atoms with Gasteiger partial charge in [0.1, 0.15) is 17.4 Å². The van der Waals surface area contributed by atoms with Crippen LogP contribution in [0.25, 0.3) is 10.9 Å². The van der Waals surface area contributed by atoms with Gasteiger partial charge in [0, 0.05) is 35.9 Å². The third kappa shape index (κ3) is 4.19. The van der Waals surface area contributed by atoms with E-state index in [1.165, 1.54) is 23.9 Å². The van der Waals surface area contributed by atoms with Crippen LogP contribution in [0.3, 0.4) is 0 Å². The van der Waals surface area contributed by atoms with Crippen molar-refractivity contribution in [1.29, 1.82) is 0 Å². The molecule has 0 bridgehead atoms. The minimum absolute atomic E-state index is 0.177. The van der Waals surface area contributed by atoms with Crippen molar-refractivity contribution in [2.75, 3.05) is 32.4 Å². The lowest BCUT2D eigenvalue weighted by atomic mass is 10.1. The number of nitrogens with one attached hydrogen (secondary N) is 1. The second kappa shape index (κ2) is 8.72. The van der Waals surface area contributed by atoms with Crippen LogP contribution in [0.5, 0.6) is 5.75 Å². The minimum atomic E-state index is -0.301. The molecule has 0 unspecified atom stereocenters. The van der Waals surface area contributed by atoms with Gasteiger partial charge in [0.25, 0.3) is 0 Å². The van der Waals surface area contributed by atoms with Gasteiger partial charge < -0.3 is 19.5 Å². The van der Waals surface area contributed by atoms with E-state index in [0.29, 0.717) is 36.4 Å². The van der Waals surface area contributed by atoms with Gasteiger partial charge in [-0.3, -0.25) is 0 Å². The molecule has 146 valence electrons. The number of rotatable bonds is 7. The van der Waals surface area contributed by atoms with Crippen LogP contribution in [0.15, 0.2) is 41.6 Å². The van der Waals surface area contributed by atoms with Gasteiger partial charge >= 0.3 is 0 Å². The van der Waals surface area contributed by atoms with Crippen LogP contribution in [0, 0.1) is 5.82 Å². The molecule has 1 aliphatic rings. The molecule has 6 nitrogen and oxygen atoms in total. The van der Waals surface area contributed by atoms with Gasteiger partial charge in [0.15, 0.2) is 11.9 Å². The van der Waals surface area contributed by atoms with E-state index >= 15 is 0 Å². The Morgan fingerprint density at radius 2 is 2.14 bits per heavy atom. The van der Waals surface area contributed by atoms with Crippen LogP contribution in [-0.2, 0) is 21.8 Å². The zero-order valence-electron chi connectivity index (χ0n) is 15.4. The molecule has 1 aromatic heterocycles. The van der Waals surface area contributed by atoms with Crippen LogP contribution >= 0.6 is 11.8 Å². The summed E-state index contributed by atoms with van der Waals surface area (Å²) in [6.07, 6.45) is 0. The zero-order chi connectivity index (χ0) is 19.3. The number of hydrogen-bond acceptors (Lipinski definition) is 7. The molecule has 0 amide bonds. The standard InChI is InChI=1S/C20H20FN3O3S/c1-25-7-6-22-19-16-4-2-3-5-17(16)23-20(24-19)28-11-14-9-15(21)8-13-10-26-12-27-18(13)14/h2-5,8-9H,6-7,10-12H2,1H3,(H,22,23,24). The highest BCUT2D eigenvalue weighted by atomic mass is 32.2. The Bertz CT molecular complexity index is 986. The first-order chi connectivity index (χ1) is 13.7. The number of methoxy groups -OCH3 is 1. The average molecular weight is 401 g/mol. The topological polar surface area (TPSA) is 65.5 Å². The van der Waals surface area contributed by atoms with Gasteiger partial charge in [-0.2, -0.15) is 0 Å². The lowest BCUT2D eigenvalue weighted by molar-refractivity contribution is -0.0171. The van der Waals surface area contributed by atoms with E-state index in [1.54, 1.807) is 7.11 Å². The molecule has 4 rings (SSSR count). The highest BCUT2D eigenvalue weighted by molar-refractivity contribution is 7.98. The third-order valence-corrected chi connectivity index (χ3v) is 5.19. The second-order valence-electron chi connectivity index (χ2n) is 6.24. The van der Waals surface area contributed by atoms with E-state index in [0.717, 1.165) is 27.8 Å². The number of aromatic nitrogens is 2. The molecular weight excluding hydrogens is 381 g/mol. The fourth-order valence-electron chi connectivity index (χ4n) is 3.03. The summed E-state index contributed by atoms with van der Waals surface area (Å²) >= 11 is 1.44. The SMILES string of the molecule is COCCNc1nc(SCc2cc(F)cc3c2OCOC3)nc2ccccc12. The summed E-state index contributed by atoms with van der Waals surface area (Å²) in [7, 11) is 1.66. The molecule has 0 radical (unpaired) electrons. The molecule has 1 aliphatic heterocycles. The van der Waals surface area contributed by atoms with E-state index < -0.39 is 0 Å². The van der Waals surface area contributed by atoms with Gasteiger partial charge in [-0.1, -0.05) is 23.9 Å². The summed E-state index contributed by atoms with van der Waals surface area (Å²) in [6, 6.07) is 10.8. The molecule has 0 aliphatic carbocycles. The van der Waals surface area contributed by atoms with Crippen molar-refractivity contribution in [1.82, 2.24) is 9.97 Å². The normalized spacial score (nSPS) is 13.2. The molecule has 0 fully saturated rings. The Hall–Kier alpha value is -2.42. The fourth-order valence-corrected chi connectivity index (χ4v) is 3.85. The smallest absolute Gasteiger partial charge is 0.190 e. The summed E-state index contributed by atoms with van der Waals surface area (Å²) in [5.74, 6) is 1.65. The molecule has 0 spiro atoms. The Labute approximate surface area is 166 Å². The van der Waals surface area contributed by atoms with Crippen molar-refractivity contribution in [3.63, 3.8) is 0 Å². The van der Waals surface area contributed by atoms with Gasteiger partial charge in [-0.15, -0.1) is 0 Å². The predicted molar refractivity (Wildman–Crippen MR) is 106 cm³/mol. The van der Waals surface area contributed by atoms with Crippen LogP contribution in [-0.4, -0.2) is 37.0 Å². The summed E-state index contributed by atoms with van der Waals surface area (Å²) in [5, 5.41) is 4.86. The minimum Gasteiger partial charge on any atom is -0.467 e. The van der Waals surface area contributed by atoms with Crippen molar-refractivity contribution >= 4 is 28.5 Å². The number of nitrogens with zero attached hydrogens (tertiary/aromatic N) is 2. The van der Waals surface area contributed by atoms with Gasteiger partial charge in [0.05, 0.1) is 18.7 Å². The molecule has 0 atom stereocenters. The quantitative estimate of drug-likeness (QED) is 0.365. The Balaban J connectivity index is 1.59. The van der Waals surface area contributed by atoms with E-state index in [9.17, 15) is 4.39 Å². The van der Waals surface area contributed by atoms with E-state index in [-0.39, 0.29) is 12.6 Å². The van der Waals surface area contributed by atoms with Crippen LogP contribution < -0.4 is 10.1 Å². The van der Waals surface area contributed by atoms with Gasteiger partial charge in [-0.05, 0) is 24.3 Å². The van der Waals surface area contributed by atoms with Gasteiger partial charge in [0.2, 0.25) is 0 Å². The number of para-hydroxylation sites is 1. The maximum atomic E-state index is 14.0. The molecule has 2 heterocycles. The Kier molecular flexibility index (Phi) is 5.90. The molecule has 0 saturated heterocycles. The summed E-state index contributed by atoms with van der Waals surface area (Å²) in [4.78, 5) is 9.28. The number of fused-ring (bicyclic) bond motifs is 2. The van der Waals surface area contributed by atoms with Crippen molar-refractivity contribution in [2.24, 2.45) is 0 Å². The van der Waals surface area contributed by atoms with Crippen LogP contribution in [0.4, 0.5) is 10.2 Å². The second-order valence-corrected chi connectivity index (χ2v) is 7.19. The van der Waals surface area contributed by atoms with Gasteiger partial charge in [-0.25, -0.2) is 14.4 Å². The summed E-state index contributed by atoms with van der Waals surface area (Å²) in [6.45, 7) is 1.75. The number of benzene rings is 2. The molecule has 28 heavy (non-hydrogen) atoms. The summed E-state index contributed by atoms with van der Waals surface area (Å²) in [5.41, 5.74) is 2.35. The van der Waals surface area contributed by atoms with E-state index in [2.05, 4.69) is 15.3 Å². The Morgan fingerprint density at radius 1 is 1.25 bits per heavy atom. The first kappa shape index (κ1) is 18.9. The molecule has 2 aromatic carbocycles. The molecule has 8 heteroatoms. The van der Waals surface area contributed by atoms with Crippen LogP contribution in [0.2, 0.25) is 0 Å². The maximum Gasteiger partial charge on any atom is 0.190 e. The lowest BCUT2D eigenvalue weighted by Gasteiger charge is -2.20. The van der Waals surface area contributed by atoms with Crippen molar-refractivity contribution < 1.29 is 18.6 Å². The Morgan fingerprint density at radius 3 is 3.04 bits per heavy atom. The van der Waals surface area contributed by atoms with Crippen molar-refractivity contribution in [3.05, 3.63) is 53.3 Å². The molecule has 1 N–H and O–H groups in total. The largest absolute Gasteiger partial charge is 0.467 e. The highest BCUT2D eigenvalue weighted by Crippen LogP contribution is 2.34. The number of ether oxygens (including phenoxy) is 3. The average Bonchev–Trinajstić information content (AvgIpc) is 2.72. The number of halogens is 1. The highest BCUT2D eigenvalue weighted by Gasteiger charge is 2.18. The van der Waals surface area contributed by atoms with E-state index in [1.807, 2.05) is 24.3 Å². The lowest BCUT2D eigenvalue weighted by Crippen LogP contribution is -2.13. The first-order valence-corrected chi connectivity index (χ1v) is 9.87. The fraction of sp³-hybridized carbons (Fsp3) is 0.300. The molecular formula is C20H20FN3O3S. The molecule has 3 aromatic rings. The zero-order valence-corrected chi connectivity index (χ0v) is 16.2. The van der Waals surface area contributed by atoms with Crippen molar-refractivity contribution in [3.8, 4) is 5.75 Å². The summed E-state index contributed by atoms with van der Waals surface area (Å²) < 4.78 is 29.9. The maximum absolute atomic E-state index is 14.0. The van der Waals surface area contributed by atoms with Crippen molar-refractivity contribution in [2.45, 2.75) is 17.5 Å².